The number of hydroxylamine groups is 2. The van der Waals surface area contributed by atoms with Gasteiger partial charge in [0.1, 0.15) is 24.5 Å². The number of rotatable bonds is 13. The topological polar surface area (TPSA) is 144 Å². The van der Waals surface area contributed by atoms with Gasteiger partial charge in [-0.25, -0.2) is 4.79 Å². The van der Waals surface area contributed by atoms with Crippen molar-refractivity contribution in [1.82, 2.24) is 15.3 Å². The first kappa shape index (κ1) is 37.5. The van der Waals surface area contributed by atoms with E-state index >= 15 is 0 Å². The Morgan fingerprint density at radius 3 is 2.51 bits per heavy atom. The van der Waals surface area contributed by atoms with Crippen molar-refractivity contribution < 1.29 is 39.2 Å². The quantitative estimate of drug-likeness (QED) is 0.243. The zero-order valence-electron chi connectivity index (χ0n) is 30.9. The van der Waals surface area contributed by atoms with Crippen LogP contribution in [0.25, 0.3) is 11.1 Å². The summed E-state index contributed by atoms with van der Waals surface area (Å²) in [4.78, 5) is 36.9. The number of carboxylic acid groups (broad SMARTS) is 1. The minimum Gasteiger partial charge on any atom is -0.491 e. The van der Waals surface area contributed by atoms with Crippen LogP contribution in [0.1, 0.15) is 56.5 Å². The Labute approximate surface area is 301 Å². The highest BCUT2D eigenvalue weighted by atomic mass is 16.7. The summed E-state index contributed by atoms with van der Waals surface area (Å²) in [5, 5.41) is 36.3. The minimum atomic E-state index is -1.03. The Hall–Kier alpha value is -3.26. The van der Waals surface area contributed by atoms with E-state index < -0.39 is 30.1 Å². The molecule has 2 aromatic rings. The van der Waals surface area contributed by atoms with Gasteiger partial charge >= 0.3 is 5.97 Å². The van der Waals surface area contributed by atoms with E-state index in [4.69, 9.17) is 14.3 Å². The Morgan fingerprint density at radius 1 is 1.14 bits per heavy atom. The number of fused-ring (bicyclic) bond motifs is 2. The molecule has 12 nitrogen and oxygen atoms in total. The van der Waals surface area contributed by atoms with E-state index in [1.54, 1.807) is 24.1 Å². The molecule has 5 aliphatic rings. The van der Waals surface area contributed by atoms with Gasteiger partial charge in [-0.1, -0.05) is 39.0 Å². The highest BCUT2D eigenvalue weighted by molar-refractivity contribution is 5.92. The van der Waals surface area contributed by atoms with Gasteiger partial charge in [0.25, 0.3) is 0 Å². The number of hydrogen-bond acceptors (Lipinski definition) is 10. The maximum absolute atomic E-state index is 14.3. The fourth-order valence-electron chi connectivity index (χ4n) is 9.01. The predicted molar refractivity (Wildman–Crippen MR) is 193 cm³/mol. The average Bonchev–Trinajstić information content (AvgIpc) is 3.48. The lowest BCUT2D eigenvalue weighted by atomic mass is 9.45. The van der Waals surface area contributed by atoms with Crippen molar-refractivity contribution in [2.24, 2.45) is 29.1 Å². The van der Waals surface area contributed by atoms with Crippen LogP contribution >= 0.6 is 0 Å². The van der Waals surface area contributed by atoms with Crippen molar-refractivity contribution in [3.63, 3.8) is 0 Å². The number of amides is 1. The Bertz CT molecular complexity index is 1560. The van der Waals surface area contributed by atoms with Gasteiger partial charge in [-0.3, -0.25) is 14.5 Å². The standard InChI is InChI=1S/C39H56N4O8/c1-23-31-19-28(39(31,3)4)20-32(23)40-37(46)35-34(24(2)45)33(22-44)51-43(35)21-25-8-7-9-30(36(25)50-15-12-42-10-13-49-14-11-42)26-16-27(38(47)48)18-29(17-26)41(5)6/h7-9,16-18,23-24,28,31-35,44-45H,10-15,19-22H2,1-6H3,(H,40,46)(H,47,48)/t23?,24-,28+,31?,32-,33?,34+,35-/m0/s1. The number of aliphatic hydroxyl groups is 2. The third kappa shape index (κ3) is 7.63. The lowest BCUT2D eigenvalue weighted by Gasteiger charge is -2.62. The monoisotopic (exact) mass is 708 g/mol. The van der Waals surface area contributed by atoms with Gasteiger partial charge < -0.3 is 35.0 Å². The number of aliphatic hydroxyl groups excluding tert-OH is 2. The number of para-hydroxylation sites is 1. The molecule has 2 saturated heterocycles. The molecule has 51 heavy (non-hydrogen) atoms. The van der Waals surface area contributed by atoms with Crippen LogP contribution < -0.4 is 15.0 Å². The van der Waals surface area contributed by atoms with Crippen molar-refractivity contribution in [3.8, 4) is 16.9 Å². The number of anilines is 1. The van der Waals surface area contributed by atoms with Crippen molar-refractivity contribution in [3.05, 3.63) is 47.5 Å². The highest BCUT2D eigenvalue weighted by Crippen LogP contribution is 2.61. The second kappa shape index (κ2) is 15.4. The highest BCUT2D eigenvalue weighted by Gasteiger charge is 2.57. The molecule has 3 aliphatic carbocycles. The summed E-state index contributed by atoms with van der Waals surface area (Å²) in [6, 6.07) is 10.1. The summed E-state index contributed by atoms with van der Waals surface area (Å²) < 4.78 is 12.1. The molecule has 7 rings (SSSR count). The molecule has 3 unspecified atom stereocenters. The first-order valence-electron chi connectivity index (χ1n) is 18.4. The second-order valence-electron chi connectivity index (χ2n) is 15.8. The molecule has 280 valence electrons. The van der Waals surface area contributed by atoms with Crippen LogP contribution in [0.2, 0.25) is 0 Å². The third-order valence-corrected chi connectivity index (χ3v) is 12.2. The number of nitrogens with one attached hydrogen (secondary N) is 1. The molecule has 2 heterocycles. The third-order valence-electron chi connectivity index (χ3n) is 12.2. The maximum atomic E-state index is 14.3. The number of hydrogen-bond donors (Lipinski definition) is 4. The SMILES string of the molecule is CC1C2C[C@H](C[C@@H]1NC(=O)[C@@H]1[C@H]([C@H](C)O)C(CO)ON1Cc1cccc(-c3cc(C(=O)O)cc(N(C)C)c3)c1OCCN1CCOCC1)C2(C)C. The fraction of sp³-hybridized carbons (Fsp3) is 0.641. The van der Waals surface area contributed by atoms with E-state index in [-0.39, 0.29) is 36.1 Å². The average molecular weight is 709 g/mol. The molecule has 2 aromatic carbocycles. The van der Waals surface area contributed by atoms with Gasteiger partial charge in [-0.15, -0.1) is 0 Å². The Balaban J connectivity index is 1.33. The molecule has 1 amide bonds. The summed E-state index contributed by atoms with van der Waals surface area (Å²) in [6.07, 6.45) is 0.414. The number of ether oxygens (including phenoxy) is 2. The van der Waals surface area contributed by atoms with Gasteiger partial charge in [0, 0.05) is 62.5 Å². The summed E-state index contributed by atoms with van der Waals surface area (Å²) in [7, 11) is 3.73. The van der Waals surface area contributed by atoms with E-state index in [9.17, 15) is 24.9 Å². The number of morpholine rings is 1. The molecular weight excluding hydrogens is 652 g/mol. The molecular formula is C39H56N4O8. The molecule has 2 bridgehead atoms. The van der Waals surface area contributed by atoms with Crippen LogP contribution in [0, 0.1) is 29.1 Å². The summed E-state index contributed by atoms with van der Waals surface area (Å²) in [6.45, 7) is 12.3. The Kier molecular flexibility index (Phi) is 11.3. The lowest BCUT2D eigenvalue weighted by Crippen LogP contribution is -2.62. The van der Waals surface area contributed by atoms with Gasteiger partial charge in [0.2, 0.25) is 5.91 Å². The first-order chi connectivity index (χ1) is 24.3. The van der Waals surface area contributed by atoms with Crippen LogP contribution in [-0.4, -0.2) is 122 Å². The lowest BCUT2D eigenvalue weighted by molar-refractivity contribution is -0.183. The molecule has 4 N–H and O–H groups in total. The fourth-order valence-corrected chi connectivity index (χ4v) is 9.01. The number of aromatic carboxylic acids is 1. The van der Waals surface area contributed by atoms with Gasteiger partial charge in [0.15, 0.2) is 0 Å². The predicted octanol–water partition coefficient (Wildman–Crippen LogP) is 3.49. The number of carboxylic acids is 1. The van der Waals surface area contributed by atoms with Crippen LogP contribution in [0.4, 0.5) is 5.69 Å². The molecule has 8 atom stereocenters. The number of benzene rings is 2. The molecule has 0 aromatic heterocycles. The van der Waals surface area contributed by atoms with Crippen LogP contribution in [-0.2, 0) is 20.9 Å². The van der Waals surface area contributed by atoms with Gasteiger partial charge in [-0.2, -0.15) is 5.06 Å². The maximum Gasteiger partial charge on any atom is 0.335 e. The van der Waals surface area contributed by atoms with Crippen molar-refractivity contribution >= 4 is 17.6 Å². The molecule has 3 saturated carbocycles. The number of carbonyl (C=O) groups excluding carboxylic acids is 1. The number of nitrogens with zero attached hydrogens (tertiary/aromatic N) is 3. The molecule has 5 fully saturated rings. The molecule has 0 spiro atoms. The van der Waals surface area contributed by atoms with Gasteiger partial charge in [0.05, 0.1) is 38.0 Å². The zero-order valence-corrected chi connectivity index (χ0v) is 30.9. The van der Waals surface area contributed by atoms with Crippen molar-refractivity contribution in [2.75, 3.05) is 65.1 Å². The van der Waals surface area contributed by atoms with Crippen LogP contribution in [0.5, 0.6) is 5.75 Å². The van der Waals surface area contributed by atoms with Gasteiger partial charge in [-0.05, 0) is 66.7 Å². The minimum absolute atomic E-state index is 0.0220. The normalized spacial score (nSPS) is 29.6. The summed E-state index contributed by atoms with van der Waals surface area (Å²) in [5.74, 6) is 0.0722. The van der Waals surface area contributed by atoms with Crippen LogP contribution in [0.15, 0.2) is 36.4 Å². The first-order valence-corrected chi connectivity index (χ1v) is 18.4. The smallest absolute Gasteiger partial charge is 0.335 e. The molecule has 0 radical (unpaired) electrons. The van der Waals surface area contributed by atoms with E-state index in [1.807, 2.05) is 43.3 Å². The van der Waals surface area contributed by atoms with E-state index in [0.717, 1.165) is 30.8 Å². The summed E-state index contributed by atoms with van der Waals surface area (Å²) >= 11 is 0. The van der Waals surface area contributed by atoms with Crippen molar-refractivity contribution in [1.29, 1.82) is 0 Å². The largest absolute Gasteiger partial charge is 0.491 e. The molecule has 12 heteroatoms. The van der Waals surface area contributed by atoms with Crippen LogP contribution in [0.3, 0.4) is 0 Å². The molecule has 2 aliphatic heterocycles. The van der Waals surface area contributed by atoms with E-state index in [1.165, 1.54) is 6.42 Å². The Morgan fingerprint density at radius 2 is 1.88 bits per heavy atom. The summed E-state index contributed by atoms with van der Waals surface area (Å²) in [5.41, 5.74) is 3.29. The zero-order chi connectivity index (χ0) is 36.6. The number of carbonyl (C=O) groups is 2. The van der Waals surface area contributed by atoms with E-state index in [0.29, 0.717) is 61.0 Å². The van der Waals surface area contributed by atoms with Crippen molar-refractivity contribution in [2.45, 2.75) is 71.4 Å². The second-order valence-corrected chi connectivity index (χ2v) is 15.8. The van der Waals surface area contributed by atoms with E-state index in [2.05, 4.69) is 31.0 Å².